The predicted octanol–water partition coefficient (Wildman–Crippen LogP) is 2.55. The van der Waals surface area contributed by atoms with Gasteiger partial charge >= 0.3 is 11.7 Å². The molecular weight excluding hydrogens is 399 g/mol. The molecule has 1 atom stereocenters. The van der Waals surface area contributed by atoms with E-state index in [1.807, 2.05) is 0 Å². The summed E-state index contributed by atoms with van der Waals surface area (Å²) in [4.78, 5) is 19.5. The maximum absolute atomic E-state index is 13.0. The topological polar surface area (TPSA) is 81.9 Å². The summed E-state index contributed by atoms with van der Waals surface area (Å²) < 4.78 is 45.8. The first-order chi connectivity index (χ1) is 13.3. The number of fused-ring (bicyclic) bond motifs is 1. The van der Waals surface area contributed by atoms with E-state index in [9.17, 15) is 23.1 Å². The monoisotopic (exact) mass is 409 g/mol. The summed E-state index contributed by atoms with van der Waals surface area (Å²) in [5, 5.41) is 12.7. The van der Waals surface area contributed by atoms with Crippen LogP contribution in [0.1, 0.15) is 23.2 Å². The summed E-state index contributed by atoms with van der Waals surface area (Å²) in [7, 11) is 0. The summed E-state index contributed by atoms with van der Waals surface area (Å²) in [6.07, 6.45) is -4.06. The molecule has 28 heavy (non-hydrogen) atoms. The van der Waals surface area contributed by atoms with Crippen LogP contribution in [-0.4, -0.2) is 9.97 Å². The van der Waals surface area contributed by atoms with Crippen LogP contribution in [0.3, 0.4) is 0 Å². The standard InChI is InChI=1S/C18H11ClF3N3O3/c19-12-5-4-10(7-23-12)17-25-13(8-28-17)24-15(26)14(16(25)27)9-2-1-3-11(6-9)18(20,21)22/h1-7,17H,8H2,(H,26,27). The van der Waals surface area contributed by atoms with Crippen LogP contribution in [0.2, 0.25) is 5.15 Å². The number of hydrogen-bond acceptors (Lipinski definition) is 4. The number of alkyl halides is 3. The Morgan fingerprint density at radius 1 is 1.29 bits per heavy atom. The lowest BCUT2D eigenvalue weighted by Gasteiger charge is -2.14. The Bertz CT molecular complexity index is 1110. The molecule has 1 aromatic carbocycles. The SMILES string of the molecule is O=c1c(-c2cccc(C(F)(F)F)c2)c([O-])[nH]c2[n+]1C(c1ccc(Cl)nc1)OC2. The van der Waals surface area contributed by atoms with Crippen molar-refractivity contribution in [1.29, 1.82) is 0 Å². The normalized spacial score (nSPS) is 16.2. The molecule has 3 aromatic rings. The van der Waals surface area contributed by atoms with Crippen molar-refractivity contribution in [2.75, 3.05) is 0 Å². The molecule has 144 valence electrons. The highest BCUT2D eigenvalue weighted by molar-refractivity contribution is 6.29. The summed E-state index contributed by atoms with van der Waals surface area (Å²) in [5.74, 6) is -0.570. The van der Waals surface area contributed by atoms with Gasteiger partial charge in [0.15, 0.2) is 6.61 Å². The number of hydrogen-bond donors (Lipinski definition) is 1. The third kappa shape index (κ3) is 3.12. The Morgan fingerprint density at radius 2 is 2.07 bits per heavy atom. The van der Waals surface area contributed by atoms with Crippen molar-refractivity contribution in [3.63, 3.8) is 0 Å². The molecule has 0 spiro atoms. The quantitative estimate of drug-likeness (QED) is 0.521. The van der Waals surface area contributed by atoms with Gasteiger partial charge < -0.3 is 9.84 Å². The largest absolute Gasteiger partial charge is 0.842 e. The second kappa shape index (κ2) is 6.61. The van der Waals surface area contributed by atoms with Crippen LogP contribution < -0.4 is 15.2 Å². The van der Waals surface area contributed by atoms with Crippen molar-refractivity contribution in [1.82, 2.24) is 9.97 Å². The number of benzene rings is 1. The average molecular weight is 410 g/mol. The molecule has 0 aliphatic carbocycles. The number of H-pyrrole nitrogens is 1. The lowest BCUT2D eigenvalue weighted by atomic mass is 10.0. The van der Waals surface area contributed by atoms with Gasteiger partial charge in [-0.15, -0.1) is 0 Å². The van der Waals surface area contributed by atoms with Gasteiger partial charge in [0.25, 0.3) is 5.82 Å². The summed E-state index contributed by atoms with van der Waals surface area (Å²) in [5.41, 5.74) is -1.73. The lowest BCUT2D eigenvalue weighted by molar-refractivity contribution is -0.747. The minimum atomic E-state index is -4.60. The van der Waals surface area contributed by atoms with Crippen LogP contribution >= 0.6 is 11.6 Å². The smallest absolute Gasteiger partial charge is 0.416 e. The molecule has 10 heteroatoms. The summed E-state index contributed by atoms with van der Waals surface area (Å²) in [6.45, 7) is -0.0410. The fourth-order valence-corrected chi connectivity index (χ4v) is 3.18. The highest BCUT2D eigenvalue weighted by Crippen LogP contribution is 2.33. The van der Waals surface area contributed by atoms with E-state index >= 15 is 0 Å². The molecule has 2 aromatic heterocycles. The predicted molar refractivity (Wildman–Crippen MR) is 89.3 cm³/mol. The van der Waals surface area contributed by atoms with Gasteiger partial charge in [-0.2, -0.15) is 17.7 Å². The second-order valence-corrected chi connectivity index (χ2v) is 6.49. The van der Waals surface area contributed by atoms with Crippen molar-refractivity contribution < 1.29 is 27.6 Å². The van der Waals surface area contributed by atoms with Gasteiger partial charge in [0, 0.05) is 11.8 Å². The van der Waals surface area contributed by atoms with Crippen LogP contribution in [0, 0.1) is 0 Å². The maximum Gasteiger partial charge on any atom is 0.416 e. The van der Waals surface area contributed by atoms with Crippen molar-refractivity contribution >= 4 is 11.6 Å². The molecule has 1 unspecified atom stereocenters. The number of ether oxygens (including phenoxy) is 1. The summed E-state index contributed by atoms with van der Waals surface area (Å²) in [6, 6.07) is 7.19. The van der Waals surface area contributed by atoms with E-state index < -0.39 is 35.0 Å². The first kappa shape index (κ1) is 18.5. The van der Waals surface area contributed by atoms with Crippen molar-refractivity contribution in [2.24, 2.45) is 0 Å². The number of halogens is 4. The molecule has 3 heterocycles. The zero-order valence-corrected chi connectivity index (χ0v) is 14.7. The number of nitrogens with zero attached hydrogens (tertiary/aromatic N) is 2. The van der Waals surface area contributed by atoms with E-state index in [-0.39, 0.29) is 23.1 Å². The fourth-order valence-electron chi connectivity index (χ4n) is 3.06. The van der Waals surface area contributed by atoms with Crippen LogP contribution in [0.15, 0.2) is 47.4 Å². The Morgan fingerprint density at radius 3 is 2.75 bits per heavy atom. The highest BCUT2D eigenvalue weighted by atomic mass is 35.5. The maximum atomic E-state index is 13.0. The molecular formula is C18H11ClF3N3O3. The van der Waals surface area contributed by atoms with Crippen LogP contribution in [0.25, 0.3) is 11.1 Å². The van der Waals surface area contributed by atoms with E-state index in [0.717, 1.165) is 18.2 Å². The van der Waals surface area contributed by atoms with Crippen molar-refractivity contribution in [3.05, 3.63) is 75.1 Å². The zero-order valence-electron chi connectivity index (χ0n) is 14.0. The van der Waals surface area contributed by atoms with Gasteiger partial charge in [0.05, 0.1) is 11.4 Å². The van der Waals surface area contributed by atoms with E-state index in [0.29, 0.717) is 5.56 Å². The number of pyridine rings is 1. The first-order valence-corrected chi connectivity index (χ1v) is 8.42. The number of rotatable bonds is 2. The van der Waals surface area contributed by atoms with E-state index in [2.05, 4.69) is 9.97 Å². The molecule has 1 aliphatic heterocycles. The van der Waals surface area contributed by atoms with Gasteiger partial charge in [-0.25, -0.2) is 9.78 Å². The number of aromatic amines is 1. The van der Waals surface area contributed by atoms with Gasteiger partial charge in [0.1, 0.15) is 10.7 Å². The van der Waals surface area contributed by atoms with Crippen LogP contribution in [0.4, 0.5) is 13.2 Å². The Hall–Kier alpha value is -2.91. The summed E-state index contributed by atoms with van der Waals surface area (Å²) >= 11 is 5.77. The molecule has 0 saturated carbocycles. The Balaban J connectivity index is 1.87. The molecule has 0 radical (unpaired) electrons. The Kier molecular flexibility index (Phi) is 4.35. The Labute approximate surface area is 160 Å². The molecule has 1 N–H and O–H groups in total. The van der Waals surface area contributed by atoms with Crippen molar-refractivity contribution in [2.45, 2.75) is 19.0 Å². The van der Waals surface area contributed by atoms with Crippen molar-refractivity contribution in [3.8, 4) is 17.0 Å². The molecule has 6 nitrogen and oxygen atoms in total. The van der Waals surface area contributed by atoms with Gasteiger partial charge in [-0.1, -0.05) is 23.7 Å². The fraction of sp³-hybridized carbons (Fsp3) is 0.167. The average Bonchev–Trinajstić information content (AvgIpc) is 3.06. The number of nitrogens with one attached hydrogen (secondary N) is 1. The second-order valence-electron chi connectivity index (χ2n) is 6.11. The lowest BCUT2D eigenvalue weighted by Crippen LogP contribution is -2.54. The minimum absolute atomic E-state index is 0.0410. The van der Waals surface area contributed by atoms with Crippen LogP contribution in [-0.2, 0) is 17.5 Å². The van der Waals surface area contributed by atoms with Crippen LogP contribution in [0.5, 0.6) is 5.88 Å². The number of aromatic nitrogens is 3. The zero-order chi connectivity index (χ0) is 20.1. The first-order valence-electron chi connectivity index (χ1n) is 8.04. The molecule has 0 fully saturated rings. The molecule has 0 bridgehead atoms. The molecule has 4 rings (SSSR count). The van der Waals surface area contributed by atoms with Gasteiger partial charge in [0.2, 0.25) is 6.23 Å². The van der Waals surface area contributed by atoms with E-state index in [1.54, 1.807) is 6.07 Å². The molecule has 0 saturated heterocycles. The van der Waals surface area contributed by atoms with Gasteiger partial charge in [-0.05, 0) is 29.8 Å². The third-order valence-corrected chi connectivity index (χ3v) is 4.56. The molecule has 1 aliphatic rings. The highest BCUT2D eigenvalue weighted by Gasteiger charge is 2.36. The molecule has 0 amide bonds. The minimum Gasteiger partial charge on any atom is -0.842 e. The van der Waals surface area contributed by atoms with E-state index in [4.69, 9.17) is 16.3 Å². The van der Waals surface area contributed by atoms with E-state index in [1.165, 1.54) is 22.9 Å². The van der Waals surface area contributed by atoms with Gasteiger partial charge in [-0.3, -0.25) is 4.98 Å². The third-order valence-electron chi connectivity index (χ3n) is 4.33.